The number of hydrogen-bond acceptors (Lipinski definition) is 5. The second kappa shape index (κ2) is 11.2. The number of alkyl halides is 3. The van der Waals surface area contributed by atoms with Crippen LogP contribution in [-0.2, 0) is 21.0 Å². The van der Waals surface area contributed by atoms with Crippen molar-refractivity contribution in [3.63, 3.8) is 0 Å². The highest BCUT2D eigenvalue weighted by molar-refractivity contribution is 7.92. The number of nitrogens with zero attached hydrogens (tertiary/aromatic N) is 2. The van der Waals surface area contributed by atoms with Crippen molar-refractivity contribution in [1.29, 1.82) is 0 Å². The Balaban J connectivity index is 1.95. The van der Waals surface area contributed by atoms with Gasteiger partial charge in [0.1, 0.15) is 12.3 Å². The quantitative estimate of drug-likeness (QED) is 0.298. The zero-order chi connectivity index (χ0) is 27.4. The molecule has 196 valence electrons. The van der Waals surface area contributed by atoms with Crippen molar-refractivity contribution in [2.75, 3.05) is 18.0 Å². The summed E-state index contributed by atoms with van der Waals surface area (Å²) in [5.74, 6) is -0.245. The molecule has 0 unspecified atom stereocenters. The van der Waals surface area contributed by atoms with Crippen molar-refractivity contribution in [2.24, 2.45) is 5.10 Å². The smallest absolute Gasteiger partial charge is 0.417 e. The van der Waals surface area contributed by atoms with E-state index in [9.17, 15) is 26.4 Å². The van der Waals surface area contributed by atoms with E-state index in [0.29, 0.717) is 27.4 Å². The first-order valence-corrected chi connectivity index (χ1v) is 12.6. The SMILES string of the molecule is COc1ccc(/C(C)=N\NC(=O)CN(c2ccc(Cl)c(C(F)(F)F)c2)S(=O)(=O)c2ccc(C)cc2)cc1. The molecule has 0 aliphatic carbocycles. The number of sulfonamides is 1. The number of hydrazone groups is 1. The number of hydrogen-bond donors (Lipinski definition) is 1. The molecule has 0 aliphatic heterocycles. The van der Waals surface area contributed by atoms with Gasteiger partial charge in [-0.05, 0) is 74.0 Å². The highest BCUT2D eigenvalue weighted by Gasteiger charge is 2.35. The van der Waals surface area contributed by atoms with Gasteiger partial charge in [-0.2, -0.15) is 18.3 Å². The highest BCUT2D eigenvalue weighted by Crippen LogP contribution is 2.38. The van der Waals surface area contributed by atoms with Gasteiger partial charge in [-0.3, -0.25) is 9.10 Å². The topological polar surface area (TPSA) is 88.1 Å². The van der Waals surface area contributed by atoms with Gasteiger partial charge < -0.3 is 4.74 Å². The van der Waals surface area contributed by atoms with E-state index in [0.717, 1.165) is 17.7 Å². The maximum atomic E-state index is 13.5. The van der Waals surface area contributed by atoms with Gasteiger partial charge in [-0.15, -0.1) is 0 Å². The molecular weight excluding hydrogens is 531 g/mol. The average Bonchev–Trinajstić information content (AvgIpc) is 2.86. The van der Waals surface area contributed by atoms with E-state index in [1.54, 1.807) is 38.1 Å². The predicted octanol–water partition coefficient (Wildman–Crippen LogP) is 5.41. The van der Waals surface area contributed by atoms with Crippen LogP contribution in [0.2, 0.25) is 5.02 Å². The van der Waals surface area contributed by atoms with Crippen LogP contribution in [0, 0.1) is 6.92 Å². The fraction of sp³-hybridized carbons (Fsp3) is 0.200. The predicted molar refractivity (Wildman–Crippen MR) is 136 cm³/mol. The Labute approximate surface area is 217 Å². The van der Waals surface area contributed by atoms with Crippen molar-refractivity contribution >= 4 is 38.9 Å². The van der Waals surface area contributed by atoms with Gasteiger partial charge in [0.15, 0.2) is 0 Å². The van der Waals surface area contributed by atoms with Crippen molar-refractivity contribution in [2.45, 2.75) is 24.9 Å². The third-order valence-corrected chi connectivity index (χ3v) is 7.41. The molecule has 37 heavy (non-hydrogen) atoms. The summed E-state index contributed by atoms with van der Waals surface area (Å²) in [4.78, 5) is 12.5. The number of carbonyl (C=O) groups is 1. The Bertz CT molecular complexity index is 1410. The van der Waals surface area contributed by atoms with Gasteiger partial charge >= 0.3 is 6.18 Å². The van der Waals surface area contributed by atoms with Crippen LogP contribution in [-0.4, -0.2) is 33.7 Å². The van der Waals surface area contributed by atoms with Crippen LogP contribution in [0.1, 0.15) is 23.6 Å². The minimum absolute atomic E-state index is 0.202. The molecule has 3 aromatic rings. The number of methoxy groups -OCH3 is 1. The van der Waals surface area contributed by atoms with Crippen molar-refractivity contribution in [1.82, 2.24) is 5.43 Å². The van der Waals surface area contributed by atoms with Crippen LogP contribution >= 0.6 is 11.6 Å². The fourth-order valence-corrected chi connectivity index (χ4v) is 4.88. The zero-order valence-electron chi connectivity index (χ0n) is 20.0. The molecule has 0 bridgehead atoms. The first-order valence-electron chi connectivity index (χ1n) is 10.8. The average molecular weight is 554 g/mol. The zero-order valence-corrected chi connectivity index (χ0v) is 21.6. The molecule has 7 nitrogen and oxygen atoms in total. The molecule has 0 saturated heterocycles. The number of aryl methyl sites for hydroxylation is 1. The molecule has 0 saturated carbocycles. The molecule has 3 aromatic carbocycles. The largest absolute Gasteiger partial charge is 0.497 e. The molecule has 12 heteroatoms. The molecule has 1 amide bonds. The number of rotatable bonds is 8. The molecule has 0 fully saturated rings. The minimum Gasteiger partial charge on any atom is -0.497 e. The lowest BCUT2D eigenvalue weighted by Gasteiger charge is -2.25. The first kappa shape index (κ1) is 28.0. The number of amides is 1. The molecule has 0 atom stereocenters. The standard InChI is InChI=1S/C25H23ClF3N3O4S/c1-16-4-11-21(12-5-16)37(34,35)32(19-8-13-23(26)22(14-19)25(27,28)29)15-24(33)31-30-17(2)18-6-9-20(36-3)10-7-18/h4-14H,15H2,1-3H3,(H,31,33)/b30-17-. The number of benzene rings is 3. The summed E-state index contributed by atoms with van der Waals surface area (Å²) < 4.78 is 73.0. The van der Waals surface area contributed by atoms with E-state index in [-0.39, 0.29) is 10.6 Å². The van der Waals surface area contributed by atoms with E-state index in [2.05, 4.69) is 10.5 Å². The lowest BCUT2D eigenvalue weighted by atomic mass is 10.1. The monoisotopic (exact) mass is 553 g/mol. The second-order valence-corrected chi connectivity index (χ2v) is 10.2. The van der Waals surface area contributed by atoms with Gasteiger partial charge in [0.05, 0.1) is 34.0 Å². The van der Waals surface area contributed by atoms with Gasteiger partial charge in [0.2, 0.25) is 0 Å². The number of ether oxygens (including phenoxy) is 1. The van der Waals surface area contributed by atoms with Crippen molar-refractivity contribution in [3.05, 3.63) is 88.4 Å². The fourth-order valence-electron chi connectivity index (χ4n) is 3.25. The van der Waals surface area contributed by atoms with Gasteiger partial charge in [0, 0.05) is 0 Å². The summed E-state index contributed by atoms with van der Waals surface area (Å²) in [6, 6.07) is 15.1. The van der Waals surface area contributed by atoms with Crippen molar-refractivity contribution < 1.29 is 31.1 Å². The molecule has 0 aliphatic rings. The van der Waals surface area contributed by atoms with E-state index in [1.165, 1.54) is 31.4 Å². The minimum atomic E-state index is -4.84. The molecule has 1 N–H and O–H groups in total. The Morgan fingerprint density at radius 2 is 1.68 bits per heavy atom. The number of anilines is 1. The number of carbonyl (C=O) groups excluding carboxylic acids is 1. The van der Waals surface area contributed by atoms with Crippen LogP contribution in [0.25, 0.3) is 0 Å². The third-order valence-electron chi connectivity index (χ3n) is 5.30. The molecule has 3 rings (SSSR count). The van der Waals surface area contributed by atoms with Gasteiger partial charge in [-0.1, -0.05) is 29.3 Å². The molecule has 0 aromatic heterocycles. The van der Waals surface area contributed by atoms with E-state index in [4.69, 9.17) is 16.3 Å². The molecule has 0 spiro atoms. The highest BCUT2D eigenvalue weighted by atomic mass is 35.5. The first-order chi connectivity index (χ1) is 17.3. The third kappa shape index (κ3) is 6.80. The second-order valence-electron chi connectivity index (χ2n) is 7.95. The molecular formula is C25H23ClF3N3O4S. The van der Waals surface area contributed by atoms with Crippen molar-refractivity contribution in [3.8, 4) is 5.75 Å². The number of halogens is 4. The maximum absolute atomic E-state index is 13.5. The summed E-state index contributed by atoms with van der Waals surface area (Å²) in [6.07, 6.45) is -4.84. The molecule has 0 heterocycles. The lowest BCUT2D eigenvalue weighted by Crippen LogP contribution is -2.40. The van der Waals surface area contributed by atoms with Crippen LogP contribution in [0.5, 0.6) is 5.75 Å². The Morgan fingerprint density at radius 3 is 2.24 bits per heavy atom. The van der Waals surface area contributed by atoms with E-state index >= 15 is 0 Å². The summed E-state index contributed by atoms with van der Waals surface area (Å²) >= 11 is 5.71. The Hall–Kier alpha value is -3.57. The summed E-state index contributed by atoms with van der Waals surface area (Å²) in [5, 5.41) is 3.38. The molecule has 0 radical (unpaired) electrons. The summed E-state index contributed by atoms with van der Waals surface area (Å²) in [6.45, 7) is 2.53. The summed E-state index contributed by atoms with van der Waals surface area (Å²) in [5.41, 5.74) is 2.50. The Morgan fingerprint density at radius 1 is 1.05 bits per heavy atom. The van der Waals surface area contributed by atoms with Gasteiger partial charge in [0.25, 0.3) is 15.9 Å². The van der Waals surface area contributed by atoms with E-state index < -0.39 is 39.2 Å². The van der Waals surface area contributed by atoms with Crippen LogP contribution in [0.3, 0.4) is 0 Å². The normalized spacial score (nSPS) is 12.2. The van der Waals surface area contributed by atoms with E-state index in [1.807, 2.05) is 0 Å². The van der Waals surface area contributed by atoms with Crippen LogP contribution in [0.15, 0.2) is 76.7 Å². The maximum Gasteiger partial charge on any atom is 0.417 e. The summed E-state index contributed by atoms with van der Waals surface area (Å²) in [7, 11) is -2.92. The van der Waals surface area contributed by atoms with Crippen LogP contribution in [0.4, 0.5) is 18.9 Å². The van der Waals surface area contributed by atoms with Crippen LogP contribution < -0.4 is 14.5 Å². The lowest BCUT2D eigenvalue weighted by molar-refractivity contribution is -0.137. The van der Waals surface area contributed by atoms with Gasteiger partial charge in [-0.25, -0.2) is 13.8 Å². The Kier molecular flexibility index (Phi) is 8.49. The number of nitrogens with one attached hydrogen (secondary N) is 1.